The Morgan fingerprint density at radius 2 is 1.95 bits per heavy atom. The monoisotopic (exact) mass is 277 g/mol. The van der Waals surface area contributed by atoms with E-state index in [-0.39, 0.29) is 11.3 Å². The van der Waals surface area contributed by atoms with Crippen LogP contribution in [0.3, 0.4) is 0 Å². The van der Waals surface area contributed by atoms with E-state index in [2.05, 4.69) is 33.0 Å². The molecular formula is C16H27N3O. The van der Waals surface area contributed by atoms with Crippen LogP contribution in [0, 0.1) is 11.3 Å². The van der Waals surface area contributed by atoms with Crippen LogP contribution in [-0.4, -0.2) is 31.4 Å². The molecule has 0 bridgehead atoms. The maximum Gasteiger partial charge on any atom is 0.255 e. The van der Waals surface area contributed by atoms with Crippen molar-refractivity contribution < 1.29 is 4.79 Å². The minimum Gasteiger partial charge on any atom is -0.399 e. The summed E-state index contributed by atoms with van der Waals surface area (Å²) in [7, 11) is 3.50. The predicted molar refractivity (Wildman–Crippen MR) is 86.0 cm³/mol. The fraction of sp³-hybridized carbons (Fsp3) is 0.562. The molecule has 0 radical (unpaired) electrons. The number of anilines is 2. The normalized spacial score (nSPS) is 11.6. The standard InChI is InChI=1S/C16H27N3O/c1-11(2)16(3,4)10-18-14-9-12(17)7-8-13(14)15(20)19(5)6/h7-9,11,18H,10,17H2,1-6H3. The van der Waals surface area contributed by atoms with Gasteiger partial charge in [-0.1, -0.05) is 27.7 Å². The quantitative estimate of drug-likeness (QED) is 0.813. The second-order valence-electron chi connectivity index (χ2n) is 6.50. The minimum absolute atomic E-state index is 0.0187. The van der Waals surface area contributed by atoms with Crippen molar-refractivity contribution in [2.45, 2.75) is 27.7 Å². The highest BCUT2D eigenvalue weighted by molar-refractivity contribution is 6.00. The number of rotatable bonds is 5. The molecule has 0 aliphatic carbocycles. The molecular weight excluding hydrogens is 250 g/mol. The van der Waals surface area contributed by atoms with Crippen LogP contribution in [0.5, 0.6) is 0 Å². The van der Waals surface area contributed by atoms with Gasteiger partial charge in [-0.05, 0) is 29.5 Å². The number of hydrogen-bond acceptors (Lipinski definition) is 3. The Labute approximate surface area is 122 Å². The average molecular weight is 277 g/mol. The maximum absolute atomic E-state index is 12.2. The molecule has 0 aromatic heterocycles. The summed E-state index contributed by atoms with van der Waals surface area (Å²) in [6.07, 6.45) is 0. The van der Waals surface area contributed by atoms with Crippen molar-refractivity contribution in [2.75, 3.05) is 31.7 Å². The van der Waals surface area contributed by atoms with E-state index >= 15 is 0 Å². The van der Waals surface area contributed by atoms with Gasteiger partial charge in [-0.2, -0.15) is 0 Å². The Balaban J connectivity index is 2.99. The number of nitrogens with two attached hydrogens (primary N) is 1. The van der Waals surface area contributed by atoms with Crippen molar-refractivity contribution in [2.24, 2.45) is 11.3 Å². The van der Waals surface area contributed by atoms with Gasteiger partial charge in [0.1, 0.15) is 0 Å². The SMILES string of the molecule is CC(C)C(C)(C)CNc1cc(N)ccc1C(=O)N(C)C. The van der Waals surface area contributed by atoms with Crippen molar-refractivity contribution >= 4 is 17.3 Å². The molecule has 0 aliphatic rings. The van der Waals surface area contributed by atoms with Gasteiger partial charge >= 0.3 is 0 Å². The number of carbonyl (C=O) groups is 1. The van der Waals surface area contributed by atoms with Crippen LogP contribution < -0.4 is 11.1 Å². The first-order valence-electron chi connectivity index (χ1n) is 7.00. The third-order valence-electron chi connectivity index (χ3n) is 3.98. The van der Waals surface area contributed by atoms with E-state index in [9.17, 15) is 4.79 Å². The zero-order valence-electron chi connectivity index (χ0n) is 13.4. The molecule has 1 aromatic rings. The molecule has 0 unspecified atom stereocenters. The summed E-state index contributed by atoms with van der Waals surface area (Å²) in [6, 6.07) is 5.37. The zero-order valence-corrected chi connectivity index (χ0v) is 13.4. The van der Waals surface area contributed by atoms with Gasteiger partial charge in [0, 0.05) is 32.0 Å². The molecule has 0 atom stereocenters. The van der Waals surface area contributed by atoms with Crippen molar-refractivity contribution in [1.29, 1.82) is 0 Å². The first-order chi connectivity index (χ1) is 9.15. The third-order valence-corrected chi connectivity index (χ3v) is 3.98. The lowest BCUT2D eigenvalue weighted by Crippen LogP contribution is -2.30. The smallest absolute Gasteiger partial charge is 0.255 e. The van der Waals surface area contributed by atoms with Gasteiger partial charge in [0.25, 0.3) is 5.91 Å². The van der Waals surface area contributed by atoms with Crippen LogP contribution in [0.2, 0.25) is 0 Å². The molecule has 112 valence electrons. The highest BCUT2D eigenvalue weighted by Crippen LogP contribution is 2.28. The molecule has 1 amide bonds. The Bertz CT molecular complexity index is 479. The minimum atomic E-state index is -0.0187. The van der Waals surface area contributed by atoms with Crippen molar-refractivity contribution in [3.63, 3.8) is 0 Å². The molecule has 1 aromatic carbocycles. The number of nitrogens with one attached hydrogen (secondary N) is 1. The highest BCUT2D eigenvalue weighted by Gasteiger charge is 2.23. The molecule has 0 saturated carbocycles. The molecule has 3 N–H and O–H groups in total. The fourth-order valence-corrected chi connectivity index (χ4v) is 1.66. The van der Waals surface area contributed by atoms with E-state index in [4.69, 9.17) is 5.73 Å². The van der Waals surface area contributed by atoms with Gasteiger partial charge in [-0.25, -0.2) is 0 Å². The Kier molecular flexibility index (Phi) is 5.03. The Morgan fingerprint density at radius 1 is 1.35 bits per heavy atom. The molecule has 0 heterocycles. The van der Waals surface area contributed by atoms with Crippen LogP contribution >= 0.6 is 0 Å². The van der Waals surface area contributed by atoms with Gasteiger partial charge < -0.3 is 16.0 Å². The second-order valence-corrected chi connectivity index (χ2v) is 6.50. The Morgan fingerprint density at radius 3 is 2.45 bits per heavy atom. The number of benzene rings is 1. The van der Waals surface area contributed by atoms with Crippen LogP contribution in [0.4, 0.5) is 11.4 Å². The largest absolute Gasteiger partial charge is 0.399 e. The van der Waals surface area contributed by atoms with E-state index in [1.807, 2.05) is 6.07 Å². The molecule has 0 fully saturated rings. The number of carbonyl (C=O) groups excluding carboxylic acids is 1. The van der Waals surface area contributed by atoms with Crippen molar-refractivity contribution in [3.05, 3.63) is 23.8 Å². The van der Waals surface area contributed by atoms with Gasteiger partial charge in [0.2, 0.25) is 0 Å². The lowest BCUT2D eigenvalue weighted by Gasteiger charge is -2.30. The molecule has 4 nitrogen and oxygen atoms in total. The summed E-state index contributed by atoms with van der Waals surface area (Å²) in [5, 5.41) is 3.38. The van der Waals surface area contributed by atoms with Crippen molar-refractivity contribution in [3.8, 4) is 0 Å². The summed E-state index contributed by atoms with van der Waals surface area (Å²) < 4.78 is 0. The molecule has 0 aliphatic heterocycles. The molecule has 4 heteroatoms. The third kappa shape index (κ3) is 3.89. The number of nitrogen functional groups attached to an aromatic ring is 1. The highest BCUT2D eigenvalue weighted by atomic mass is 16.2. The van der Waals surface area contributed by atoms with Crippen molar-refractivity contribution in [1.82, 2.24) is 4.90 Å². The summed E-state index contributed by atoms with van der Waals surface area (Å²) in [5.74, 6) is 0.527. The van der Waals surface area contributed by atoms with E-state index in [1.165, 1.54) is 0 Å². The van der Waals surface area contributed by atoms with E-state index in [1.54, 1.807) is 31.1 Å². The summed E-state index contributed by atoms with van der Waals surface area (Å²) in [4.78, 5) is 13.8. The van der Waals surface area contributed by atoms with Crippen LogP contribution in [0.1, 0.15) is 38.1 Å². The molecule has 1 rings (SSSR count). The fourth-order valence-electron chi connectivity index (χ4n) is 1.66. The van der Waals surface area contributed by atoms with Crippen LogP contribution in [0.25, 0.3) is 0 Å². The predicted octanol–water partition coefficient (Wildman–Crippen LogP) is 3.06. The van der Waals surface area contributed by atoms with Crippen LogP contribution in [0.15, 0.2) is 18.2 Å². The lowest BCUT2D eigenvalue weighted by atomic mass is 9.81. The number of hydrogen-bond donors (Lipinski definition) is 2. The van der Waals surface area contributed by atoms with Gasteiger partial charge in [-0.3, -0.25) is 4.79 Å². The molecule has 0 spiro atoms. The van der Waals surface area contributed by atoms with Crippen LogP contribution in [-0.2, 0) is 0 Å². The lowest BCUT2D eigenvalue weighted by molar-refractivity contribution is 0.0828. The summed E-state index contributed by atoms with van der Waals surface area (Å²) >= 11 is 0. The zero-order chi connectivity index (χ0) is 15.5. The molecule has 20 heavy (non-hydrogen) atoms. The number of amides is 1. The van der Waals surface area contributed by atoms with Gasteiger partial charge in [0.15, 0.2) is 0 Å². The van der Waals surface area contributed by atoms with Gasteiger partial charge in [0.05, 0.1) is 5.56 Å². The average Bonchev–Trinajstić information content (AvgIpc) is 2.35. The first kappa shape index (κ1) is 16.3. The maximum atomic E-state index is 12.2. The Hall–Kier alpha value is -1.71. The van der Waals surface area contributed by atoms with E-state index < -0.39 is 0 Å². The summed E-state index contributed by atoms with van der Waals surface area (Å²) in [5.41, 5.74) is 8.10. The van der Waals surface area contributed by atoms with E-state index in [0.717, 1.165) is 12.2 Å². The topological polar surface area (TPSA) is 58.4 Å². The van der Waals surface area contributed by atoms with E-state index in [0.29, 0.717) is 17.2 Å². The van der Waals surface area contributed by atoms with Gasteiger partial charge in [-0.15, -0.1) is 0 Å². The molecule has 0 saturated heterocycles. The summed E-state index contributed by atoms with van der Waals surface area (Å²) in [6.45, 7) is 9.62. The number of nitrogens with zero attached hydrogens (tertiary/aromatic N) is 1. The second kappa shape index (κ2) is 6.16. The first-order valence-corrected chi connectivity index (χ1v) is 7.00.